The summed E-state index contributed by atoms with van der Waals surface area (Å²) in [5.74, 6) is -0.0749. The number of halogens is 1. The summed E-state index contributed by atoms with van der Waals surface area (Å²) in [6.45, 7) is 3.92. The van der Waals surface area contributed by atoms with Gasteiger partial charge in [-0.05, 0) is 41.4 Å². The van der Waals surface area contributed by atoms with E-state index in [9.17, 15) is 15.2 Å². The lowest BCUT2D eigenvalue weighted by molar-refractivity contribution is -0.385. The molecule has 6 heteroatoms. The summed E-state index contributed by atoms with van der Waals surface area (Å²) < 4.78 is 0.263. The Balaban J connectivity index is 2.43. The summed E-state index contributed by atoms with van der Waals surface area (Å²) in [6.07, 6.45) is 1.42. The van der Waals surface area contributed by atoms with E-state index in [1.54, 1.807) is 0 Å². The smallest absolute Gasteiger partial charge is 0.271 e. The van der Waals surface area contributed by atoms with Gasteiger partial charge in [0.25, 0.3) is 5.69 Å². The molecule has 0 aromatic heterocycles. The van der Waals surface area contributed by atoms with E-state index in [0.717, 1.165) is 16.8 Å². The van der Waals surface area contributed by atoms with Crippen molar-refractivity contribution in [3.8, 4) is 5.75 Å². The average Bonchev–Trinajstić information content (AvgIpc) is 2.41. The van der Waals surface area contributed by atoms with Crippen molar-refractivity contribution in [2.24, 2.45) is 4.99 Å². The highest BCUT2D eigenvalue weighted by Gasteiger charge is 2.13. The minimum Gasteiger partial charge on any atom is -0.506 e. The minimum atomic E-state index is -0.515. The number of aryl methyl sites for hydroxylation is 2. The first-order valence-electron chi connectivity index (χ1n) is 6.16. The molecule has 0 aliphatic rings. The van der Waals surface area contributed by atoms with Gasteiger partial charge in [0.15, 0.2) is 0 Å². The average molecular weight is 349 g/mol. The van der Waals surface area contributed by atoms with Crippen molar-refractivity contribution in [1.82, 2.24) is 0 Å². The number of nitro groups is 1. The van der Waals surface area contributed by atoms with Gasteiger partial charge in [0.1, 0.15) is 5.75 Å². The maximum absolute atomic E-state index is 10.8. The zero-order valence-corrected chi connectivity index (χ0v) is 13.1. The lowest BCUT2D eigenvalue weighted by atomic mass is 10.1. The number of benzene rings is 2. The van der Waals surface area contributed by atoms with Crippen LogP contribution in [0.4, 0.5) is 11.4 Å². The number of aliphatic imine (C=N–C) groups is 1. The summed E-state index contributed by atoms with van der Waals surface area (Å²) in [4.78, 5) is 14.6. The predicted molar refractivity (Wildman–Crippen MR) is 85.6 cm³/mol. The fourth-order valence-corrected chi connectivity index (χ4v) is 2.36. The number of nitrogens with zero attached hydrogens (tertiary/aromatic N) is 2. The van der Waals surface area contributed by atoms with E-state index in [1.165, 1.54) is 18.3 Å². The molecule has 0 amide bonds. The fourth-order valence-electron chi connectivity index (χ4n) is 1.90. The highest BCUT2D eigenvalue weighted by Crippen LogP contribution is 2.32. The Kier molecular flexibility index (Phi) is 4.37. The monoisotopic (exact) mass is 348 g/mol. The second-order valence-electron chi connectivity index (χ2n) is 4.67. The zero-order valence-electron chi connectivity index (χ0n) is 11.5. The predicted octanol–water partition coefficient (Wildman–Crippen LogP) is 4.43. The molecule has 0 saturated heterocycles. The number of phenols is 1. The number of nitro benzene ring substituents is 1. The third-order valence-corrected chi connectivity index (χ3v) is 3.59. The lowest BCUT2D eigenvalue weighted by Gasteiger charge is -2.03. The van der Waals surface area contributed by atoms with Gasteiger partial charge in [-0.1, -0.05) is 17.7 Å². The Morgan fingerprint density at radius 3 is 2.62 bits per heavy atom. The van der Waals surface area contributed by atoms with Gasteiger partial charge in [0.05, 0.1) is 15.1 Å². The topological polar surface area (TPSA) is 75.7 Å². The number of hydrogen-bond donors (Lipinski definition) is 1. The second kappa shape index (κ2) is 6.05. The van der Waals surface area contributed by atoms with Gasteiger partial charge in [-0.15, -0.1) is 0 Å². The largest absolute Gasteiger partial charge is 0.506 e. The number of phenolic OH excluding ortho intramolecular Hbond substituents is 1. The summed E-state index contributed by atoms with van der Waals surface area (Å²) in [6, 6.07) is 8.33. The molecule has 108 valence electrons. The molecule has 5 nitrogen and oxygen atoms in total. The van der Waals surface area contributed by atoms with E-state index in [-0.39, 0.29) is 21.5 Å². The third-order valence-electron chi connectivity index (χ3n) is 2.98. The number of non-ortho nitro benzene ring substituents is 1. The first kappa shape index (κ1) is 15.2. The van der Waals surface area contributed by atoms with Gasteiger partial charge in [-0.25, -0.2) is 0 Å². The standard InChI is InChI=1S/C15H13BrN2O3/c1-9-3-4-14(10(2)5-9)17-8-11-6-12(18(20)21)7-13(16)15(11)19/h3-8,19H,1-2H3. The van der Waals surface area contributed by atoms with Crippen LogP contribution >= 0.6 is 15.9 Å². The molecular weight excluding hydrogens is 336 g/mol. The van der Waals surface area contributed by atoms with Crippen LogP contribution in [-0.4, -0.2) is 16.2 Å². The lowest BCUT2D eigenvalue weighted by Crippen LogP contribution is -1.92. The van der Waals surface area contributed by atoms with Crippen molar-refractivity contribution in [2.75, 3.05) is 0 Å². The molecule has 0 heterocycles. The summed E-state index contributed by atoms with van der Waals surface area (Å²) in [5.41, 5.74) is 3.06. The third kappa shape index (κ3) is 3.46. The maximum Gasteiger partial charge on any atom is 0.271 e. The Morgan fingerprint density at radius 2 is 2.00 bits per heavy atom. The van der Waals surface area contributed by atoms with Crippen molar-refractivity contribution in [2.45, 2.75) is 13.8 Å². The first-order valence-corrected chi connectivity index (χ1v) is 6.96. The van der Waals surface area contributed by atoms with Crippen molar-refractivity contribution < 1.29 is 10.0 Å². The van der Waals surface area contributed by atoms with Crippen LogP contribution in [0.25, 0.3) is 0 Å². The molecule has 0 radical (unpaired) electrons. The summed E-state index contributed by atoms with van der Waals surface area (Å²) >= 11 is 3.10. The molecule has 0 aliphatic heterocycles. The van der Waals surface area contributed by atoms with E-state index in [4.69, 9.17) is 0 Å². The molecule has 0 spiro atoms. The van der Waals surface area contributed by atoms with E-state index in [1.807, 2.05) is 32.0 Å². The van der Waals surface area contributed by atoms with Crippen LogP contribution in [0, 0.1) is 24.0 Å². The van der Waals surface area contributed by atoms with Crippen LogP contribution in [0.3, 0.4) is 0 Å². The van der Waals surface area contributed by atoms with Gasteiger partial charge in [0.2, 0.25) is 0 Å². The number of aromatic hydroxyl groups is 1. The Bertz CT molecular complexity index is 742. The Hall–Kier alpha value is -2.21. The van der Waals surface area contributed by atoms with Crippen LogP contribution < -0.4 is 0 Å². The molecule has 0 unspecified atom stereocenters. The zero-order chi connectivity index (χ0) is 15.6. The quantitative estimate of drug-likeness (QED) is 0.506. The van der Waals surface area contributed by atoms with Crippen LogP contribution in [0.15, 0.2) is 39.8 Å². The maximum atomic E-state index is 10.8. The van der Waals surface area contributed by atoms with E-state index in [0.29, 0.717) is 0 Å². The van der Waals surface area contributed by atoms with E-state index >= 15 is 0 Å². The first-order chi connectivity index (χ1) is 9.88. The van der Waals surface area contributed by atoms with Crippen LogP contribution in [0.5, 0.6) is 5.75 Å². The molecule has 2 aromatic carbocycles. The molecule has 2 aromatic rings. The molecule has 1 N–H and O–H groups in total. The second-order valence-corrected chi connectivity index (χ2v) is 5.53. The molecule has 0 fully saturated rings. The van der Waals surface area contributed by atoms with Gasteiger partial charge < -0.3 is 5.11 Å². The summed E-state index contributed by atoms with van der Waals surface area (Å²) in [5, 5.41) is 20.8. The molecule has 0 bridgehead atoms. The van der Waals surface area contributed by atoms with Crippen molar-refractivity contribution in [3.63, 3.8) is 0 Å². The highest BCUT2D eigenvalue weighted by molar-refractivity contribution is 9.10. The van der Waals surface area contributed by atoms with Gasteiger partial charge in [-0.2, -0.15) is 0 Å². The highest BCUT2D eigenvalue weighted by atomic mass is 79.9. The van der Waals surface area contributed by atoms with Gasteiger partial charge in [0, 0.05) is 23.9 Å². The minimum absolute atomic E-state index is 0.0749. The van der Waals surface area contributed by atoms with Crippen LogP contribution in [-0.2, 0) is 0 Å². The summed E-state index contributed by atoms with van der Waals surface area (Å²) in [7, 11) is 0. The van der Waals surface area contributed by atoms with Crippen molar-refractivity contribution >= 4 is 33.5 Å². The van der Waals surface area contributed by atoms with Crippen LogP contribution in [0.2, 0.25) is 0 Å². The Morgan fingerprint density at radius 1 is 1.29 bits per heavy atom. The van der Waals surface area contributed by atoms with Gasteiger partial charge >= 0.3 is 0 Å². The molecule has 21 heavy (non-hydrogen) atoms. The SMILES string of the molecule is Cc1ccc(N=Cc2cc([N+](=O)[O-])cc(Br)c2O)c(C)c1. The molecule has 0 saturated carbocycles. The Labute approximate surface area is 130 Å². The number of hydrogen-bond acceptors (Lipinski definition) is 4. The van der Waals surface area contributed by atoms with Crippen molar-refractivity contribution in [1.29, 1.82) is 0 Å². The normalized spacial score (nSPS) is 11.0. The van der Waals surface area contributed by atoms with E-state index in [2.05, 4.69) is 20.9 Å². The van der Waals surface area contributed by atoms with Crippen LogP contribution in [0.1, 0.15) is 16.7 Å². The van der Waals surface area contributed by atoms with Crippen molar-refractivity contribution in [3.05, 3.63) is 61.6 Å². The number of rotatable bonds is 3. The molecular formula is C15H13BrN2O3. The fraction of sp³-hybridized carbons (Fsp3) is 0.133. The molecule has 2 rings (SSSR count). The molecule has 0 atom stereocenters. The van der Waals surface area contributed by atoms with Gasteiger partial charge in [-0.3, -0.25) is 15.1 Å². The van der Waals surface area contributed by atoms with E-state index < -0.39 is 4.92 Å². The molecule has 0 aliphatic carbocycles.